The van der Waals surface area contributed by atoms with Crippen molar-refractivity contribution in [1.29, 1.82) is 0 Å². The fourth-order valence-electron chi connectivity index (χ4n) is 3.42. The maximum Gasteiger partial charge on any atom is 0.254 e. The van der Waals surface area contributed by atoms with Crippen molar-refractivity contribution in [2.45, 2.75) is 26.4 Å². The molecule has 0 aromatic heterocycles. The second-order valence-electron chi connectivity index (χ2n) is 7.18. The van der Waals surface area contributed by atoms with E-state index in [1.54, 1.807) is 24.1 Å². The van der Waals surface area contributed by atoms with E-state index in [0.29, 0.717) is 31.7 Å². The summed E-state index contributed by atoms with van der Waals surface area (Å²) in [5, 5.41) is 9.38. The predicted octanol–water partition coefficient (Wildman–Crippen LogP) is 1.69. The average Bonchev–Trinajstić information content (AvgIpc) is 2.79. The van der Waals surface area contributed by atoms with Crippen LogP contribution < -0.4 is 16.0 Å². The highest BCUT2D eigenvalue weighted by Crippen LogP contribution is 2.10. The maximum absolute atomic E-state index is 12.5. The highest BCUT2D eigenvalue weighted by Gasteiger charge is 2.22. The molecule has 0 spiro atoms. The molecular formula is C23H29N5O2. The number of aryl methyl sites for hydroxylation is 1. The van der Waals surface area contributed by atoms with Gasteiger partial charge in [0.25, 0.3) is 5.91 Å². The van der Waals surface area contributed by atoms with Crippen LogP contribution in [0, 0.1) is 0 Å². The monoisotopic (exact) mass is 407 g/mol. The number of hydrogen-bond donors (Lipinski definition) is 3. The average molecular weight is 408 g/mol. The number of hydrogen-bond acceptors (Lipinski definition) is 3. The minimum Gasteiger partial charge on any atom is -0.353 e. The molecule has 1 saturated heterocycles. The molecule has 30 heavy (non-hydrogen) atoms. The van der Waals surface area contributed by atoms with Crippen molar-refractivity contribution in [2.75, 3.05) is 26.7 Å². The fraction of sp³-hybridized carbons (Fsp3) is 0.348. The zero-order valence-corrected chi connectivity index (χ0v) is 17.6. The number of piperazine rings is 1. The molecule has 2 amide bonds. The first-order chi connectivity index (χ1) is 14.6. The molecule has 7 nitrogen and oxygen atoms in total. The van der Waals surface area contributed by atoms with Crippen molar-refractivity contribution in [1.82, 2.24) is 20.9 Å². The maximum atomic E-state index is 12.5. The molecule has 0 radical (unpaired) electrons. The largest absolute Gasteiger partial charge is 0.353 e. The van der Waals surface area contributed by atoms with Gasteiger partial charge < -0.3 is 20.9 Å². The third kappa shape index (κ3) is 5.59. The molecule has 2 aromatic rings. The molecule has 2 aromatic carbocycles. The Morgan fingerprint density at radius 1 is 1.07 bits per heavy atom. The van der Waals surface area contributed by atoms with Gasteiger partial charge in [-0.2, -0.15) is 0 Å². The van der Waals surface area contributed by atoms with Gasteiger partial charge in [-0.15, -0.1) is 0 Å². The van der Waals surface area contributed by atoms with Crippen molar-refractivity contribution >= 4 is 17.8 Å². The molecule has 0 bridgehead atoms. The lowest BCUT2D eigenvalue weighted by molar-refractivity contribution is -0.123. The summed E-state index contributed by atoms with van der Waals surface area (Å²) < 4.78 is 0. The Kier molecular flexibility index (Phi) is 7.43. The molecule has 1 fully saturated rings. The van der Waals surface area contributed by atoms with Crippen molar-refractivity contribution in [3.8, 4) is 0 Å². The third-order valence-electron chi connectivity index (χ3n) is 5.16. The molecular weight excluding hydrogens is 378 g/mol. The zero-order chi connectivity index (χ0) is 21.3. The van der Waals surface area contributed by atoms with Crippen LogP contribution in [-0.4, -0.2) is 49.4 Å². The van der Waals surface area contributed by atoms with E-state index in [4.69, 9.17) is 0 Å². The molecule has 1 heterocycles. The van der Waals surface area contributed by atoms with E-state index in [-0.39, 0.29) is 18.4 Å². The van der Waals surface area contributed by atoms with E-state index in [1.165, 1.54) is 11.1 Å². The number of guanidine groups is 1. The summed E-state index contributed by atoms with van der Waals surface area (Å²) >= 11 is 0. The highest BCUT2D eigenvalue weighted by atomic mass is 16.2. The Hall–Kier alpha value is -3.35. The SMILES string of the molecule is CCc1ccccc1CNC(=NC)NCc1ccc(C(=O)N2CCNC(=O)C2)cc1. The van der Waals surface area contributed by atoms with Gasteiger partial charge in [-0.1, -0.05) is 43.3 Å². The number of nitrogens with one attached hydrogen (secondary N) is 3. The minimum atomic E-state index is -0.115. The second-order valence-corrected chi connectivity index (χ2v) is 7.18. The van der Waals surface area contributed by atoms with E-state index >= 15 is 0 Å². The quantitative estimate of drug-likeness (QED) is 0.502. The number of rotatable bonds is 6. The number of benzene rings is 2. The first kappa shape index (κ1) is 21.4. The van der Waals surface area contributed by atoms with E-state index in [1.807, 2.05) is 18.2 Å². The number of carbonyl (C=O) groups excluding carboxylic acids is 2. The normalized spacial score (nSPS) is 14.3. The third-order valence-corrected chi connectivity index (χ3v) is 5.16. The second kappa shape index (κ2) is 10.4. The van der Waals surface area contributed by atoms with Gasteiger partial charge in [0.2, 0.25) is 5.91 Å². The molecule has 1 aliphatic heterocycles. The first-order valence-electron chi connectivity index (χ1n) is 10.3. The van der Waals surface area contributed by atoms with Gasteiger partial charge in [0, 0.05) is 38.8 Å². The Morgan fingerprint density at radius 2 is 1.77 bits per heavy atom. The summed E-state index contributed by atoms with van der Waals surface area (Å²) in [4.78, 5) is 29.9. The summed E-state index contributed by atoms with van der Waals surface area (Å²) in [6, 6.07) is 15.8. The molecule has 0 atom stereocenters. The van der Waals surface area contributed by atoms with E-state index < -0.39 is 0 Å². The summed E-state index contributed by atoms with van der Waals surface area (Å²) in [5.74, 6) is 0.493. The fourth-order valence-corrected chi connectivity index (χ4v) is 3.42. The lowest BCUT2D eigenvalue weighted by Crippen LogP contribution is -2.49. The molecule has 3 rings (SSSR count). The zero-order valence-electron chi connectivity index (χ0n) is 17.6. The molecule has 158 valence electrons. The van der Waals surface area contributed by atoms with Gasteiger partial charge in [-0.05, 0) is 35.2 Å². The number of nitrogens with zero attached hydrogens (tertiary/aromatic N) is 2. The molecule has 1 aliphatic rings. The summed E-state index contributed by atoms with van der Waals surface area (Å²) in [7, 11) is 1.75. The Morgan fingerprint density at radius 3 is 2.43 bits per heavy atom. The molecule has 7 heteroatoms. The van der Waals surface area contributed by atoms with Crippen LogP contribution in [0.3, 0.4) is 0 Å². The Labute approximate surface area is 177 Å². The van der Waals surface area contributed by atoms with Crippen molar-refractivity contribution in [3.63, 3.8) is 0 Å². The van der Waals surface area contributed by atoms with Crippen LogP contribution in [0.2, 0.25) is 0 Å². The molecule has 0 saturated carbocycles. The van der Waals surface area contributed by atoms with Gasteiger partial charge >= 0.3 is 0 Å². The first-order valence-corrected chi connectivity index (χ1v) is 10.3. The van der Waals surface area contributed by atoms with Crippen molar-refractivity contribution < 1.29 is 9.59 Å². The van der Waals surface area contributed by atoms with Crippen molar-refractivity contribution in [2.24, 2.45) is 4.99 Å². The van der Waals surface area contributed by atoms with Crippen molar-refractivity contribution in [3.05, 3.63) is 70.8 Å². The Bertz CT molecular complexity index is 908. The van der Waals surface area contributed by atoms with Gasteiger partial charge in [0.05, 0.1) is 6.54 Å². The highest BCUT2D eigenvalue weighted by molar-refractivity contribution is 5.97. The van der Waals surface area contributed by atoms with Crippen LogP contribution in [0.1, 0.15) is 34.0 Å². The van der Waals surface area contributed by atoms with Crippen LogP contribution in [0.15, 0.2) is 53.5 Å². The minimum absolute atomic E-state index is 0.114. The standard InChI is InChI=1S/C23H29N5O2/c1-3-18-6-4-5-7-20(18)15-27-23(24-2)26-14-17-8-10-19(11-9-17)22(30)28-13-12-25-21(29)16-28/h4-11H,3,12-16H2,1-2H3,(H,25,29)(H2,24,26,27). The van der Waals surface area contributed by atoms with Gasteiger partial charge in [0.1, 0.15) is 0 Å². The van der Waals surface area contributed by atoms with Crippen LogP contribution in [0.25, 0.3) is 0 Å². The lowest BCUT2D eigenvalue weighted by Gasteiger charge is -2.26. The predicted molar refractivity (Wildman–Crippen MR) is 118 cm³/mol. The smallest absolute Gasteiger partial charge is 0.254 e. The molecule has 3 N–H and O–H groups in total. The van der Waals surface area contributed by atoms with Gasteiger partial charge in [-0.3, -0.25) is 14.6 Å². The molecule has 0 unspecified atom stereocenters. The van der Waals surface area contributed by atoms with E-state index in [0.717, 1.165) is 17.9 Å². The van der Waals surface area contributed by atoms with E-state index in [9.17, 15) is 9.59 Å². The summed E-state index contributed by atoms with van der Waals surface area (Å²) in [6.07, 6.45) is 0.997. The number of amides is 2. The Balaban J connectivity index is 1.52. The van der Waals surface area contributed by atoms with Crippen LogP contribution >= 0.6 is 0 Å². The topological polar surface area (TPSA) is 85.8 Å². The lowest BCUT2D eigenvalue weighted by atomic mass is 10.1. The van der Waals surface area contributed by atoms with Crippen LogP contribution in [0.4, 0.5) is 0 Å². The number of aliphatic imine (C=N–C) groups is 1. The molecule has 0 aliphatic carbocycles. The van der Waals surface area contributed by atoms with Gasteiger partial charge in [-0.25, -0.2) is 0 Å². The van der Waals surface area contributed by atoms with E-state index in [2.05, 4.69) is 46.1 Å². The summed E-state index contributed by atoms with van der Waals surface area (Å²) in [5.41, 5.74) is 4.22. The van der Waals surface area contributed by atoms with Crippen LogP contribution in [-0.2, 0) is 24.3 Å². The van der Waals surface area contributed by atoms with Gasteiger partial charge in [0.15, 0.2) is 5.96 Å². The summed E-state index contributed by atoms with van der Waals surface area (Å²) in [6.45, 7) is 4.61. The van der Waals surface area contributed by atoms with Crippen LogP contribution in [0.5, 0.6) is 0 Å². The number of carbonyl (C=O) groups is 2.